The average Bonchev–Trinajstić information content (AvgIpc) is 2.73. The SMILES string of the molecule is CC(C)NCc1cccc(Cn2cc(I)cn2)n1. The van der Waals surface area contributed by atoms with E-state index in [1.165, 1.54) is 0 Å². The molecule has 2 heterocycles. The van der Waals surface area contributed by atoms with Crippen molar-refractivity contribution in [3.63, 3.8) is 0 Å². The topological polar surface area (TPSA) is 42.7 Å². The normalized spacial score (nSPS) is 11.1. The molecule has 96 valence electrons. The zero-order chi connectivity index (χ0) is 13.0. The molecule has 0 bridgehead atoms. The molecule has 2 rings (SSSR count). The maximum atomic E-state index is 4.62. The van der Waals surface area contributed by atoms with Gasteiger partial charge in [-0.1, -0.05) is 19.9 Å². The van der Waals surface area contributed by atoms with Crippen LogP contribution in [-0.2, 0) is 13.1 Å². The first-order valence-electron chi connectivity index (χ1n) is 5.99. The first-order chi connectivity index (χ1) is 8.63. The van der Waals surface area contributed by atoms with Crippen molar-refractivity contribution >= 4 is 22.6 Å². The van der Waals surface area contributed by atoms with Crippen molar-refractivity contribution in [2.24, 2.45) is 0 Å². The molecule has 0 amide bonds. The zero-order valence-electron chi connectivity index (χ0n) is 10.6. The standard InChI is InChI=1S/C13H17IN4/c1-10(2)15-7-12-4-3-5-13(17-12)9-18-8-11(14)6-16-18/h3-6,8,10,15H,7,9H2,1-2H3. The van der Waals surface area contributed by atoms with Gasteiger partial charge in [0.25, 0.3) is 0 Å². The minimum Gasteiger partial charge on any atom is -0.309 e. The van der Waals surface area contributed by atoms with Crippen molar-refractivity contribution in [2.45, 2.75) is 33.0 Å². The first-order valence-corrected chi connectivity index (χ1v) is 7.07. The minimum atomic E-state index is 0.475. The first kappa shape index (κ1) is 13.5. The van der Waals surface area contributed by atoms with Crippen LogP contribution in [0.3, 0.4) is 0 Å². The third-order valence-electron chi connectivity index (χ3n) is 2.48. The second-order valence-electron chi connectivity index (χ2n) is 4.51. The van der Waals surface area contributed by atoms with Crippen LogP contribution in [0.25, 0.3) is 0 Å². The second kappa shape index (κ2) is 6.29. The molecule has 0 unspecified atom stereocenters. The number of rotatable bonds is 5. The van der Waals surface area contributed by atoms with E-state index in [1.807, 2.05) is 35.3 Å². The van der Waals surface area contributed by atoms with Crippen LogP contribution in [0.4, 0.5) is 0 Å². The number of hydrogen-bond donors (Lipinski definition) is 1. The van der Waals surface area contributed by atoms with Crippen LogP contribution in [0, 0.1) is 3.57 Å². The average molecular weight is 356 g/mol. The molecule has 18 heavy (non-hydrogen) atoms. The lowest BCUT2D eigenvalue weighted by Gasteiger charge is -2.08. The van der Waals surface area contributed by atoms with Crippen molar-refractivity contribution in [2.75, 3.05) is 0 Å². The van der Waals surface area contributed by atoms with Gasteiger partial charge in [-0.15, -0.1) is 0 Å². The molecular weight excluding hydrogens is 339 g/mol. The molecule has 0 saturated carbocycles. The van der Waals surface area contributed by atoms with Gasteiger partial charge in [0.05, 0.1) is 27.7 Å². The molecule has 5 heteroatoms. The Hall–Kier alpha value is -0.950. The smallest absolute Gasteiger partial charge is 0.0831 e. The summed E-state index contributed by atoms with van der Waals surface area (Å²) in [5, 5.41) is 7.64. The van der Waals surface area contributed by atoms with Gasteiger partial charge < -0.3 is 5.32 Å². The van der Waals surface area contributed by atoms with Crippen LogP contribution in [0.5, 0.6) is 0 Å². The van der Waals surface area contributed by atoms with E-state index < -0.39 is 0 Å². The van der Waals surface area contributed by atoms with E-state index in [-0.39, 0.29) is 0 Å². The van der Waals surface area contributed by atoms with Gasteiger partial charge in [-0.25, -0.2) is 0 Å². The third-order valence-corrected chi connectivity index (χ3v) is 3.04. The summed E-state index contributed by atoms with van der Waals surface area (Å²) in [7, 11) is 0. The van der Waals surface area contributed by atoms with Gasteiger partial charge in [-0.2, -0.15) is 5.10 Å². The summed E-state index contributed by atoms with van der Waals surface area (Å²) in [4.78, 5) is 4.62. The van der Waals surface area contributed by atoms with E-state index in [1.54, 1.807) is 0 Å². The number of hydrogen-bond acceptors (Lipinski definition) is 3. The molecular formula is C13H17IN4. The lowest BCUT2D eigenvalue weighted by Crippen LogP contribution is -2.22. The Morgan fingerprint density at radius 1 is 1.33 bits per heavy atom. The molecule has 4 nitrogen and oxygen atoms in total. The third kappa shape index (κ3) is 4.06. The fraction of sp³-hybridized carbons (Fsp3) is 0.385. The molecule has 0 radical (unpaired) electrons. The van der Waals surface area contributed by atoms with Gasteiger partial charge in [-0.05, 0) is 34.7 Å². The van der Waals surface area contributed by atoms with Crippen molar-refractivity contribution in [3.05, 3.63) is 45.6 Å². The van der Waals surface area contributed by atoms with Crippen LogP contribution in [0.2, 0.25) is 0 Å². The van der Waals surface area contributed by atoms with E-state index in [2.05, 4.69) is 51.8 Å². The van der Waals surface area contributed by atoms with Crippen molar-refractivity contribution in [3.8, 4) is 0 Å². The molecule has 0 aliphatic heterocycles. The molecule has 0 atom stereocenters. The van der Waals surface area contributed by atoms with Crippen LogP contribution in [0.1, 0.15) is 25.2 Å². The van der Waals surface area contributed by atoms with Gasteiger partial charge in [0.2, 0.25) is 0 Å². The Kier molecular flexibility index (Phi) is 4.71. The molecule has 0 aromatic carbocycles. The number of aromatic nitrogens is 3. The van der Waals surface area contributed by atoms with E-state index >= 15 is 0 Å². The van der Waals surface area contributed by atoms with Crippen LogP contribution in [0.15, 0.2) is 30.6 Å². The lowest BCUT2D eigenvalue weighted by molar-refractivity contribution is 0.578. The highest BCUT2D eigenvalue weighted by Crippen LogP contribution is 2.05. The lowest BCUT2D eigenvalue weighted by atomic mass is 10.3. The molecule has 0 aliphatic carbocycles. The Balaban J connectivity index is 2.02. The molecule has 0 spiro atoms. The van der Waals surface area contributed by atoms with Crippen LogP contribution < -0.4 is 5.32 Å². The summed E-state index contributed by atoms with van der Waals surface area (Å²) in [5.41, 5.74) is 2.11. The highest BCUT2D eigenvalue weighted by Gasteiger charge is 2.01. The highest BCUT2D eigenvalue weighted by molar-refractivity contribution is 14.1. The predicted octanol–water partition coefficient (Wildman–Crippen LogP) is 2.43. The Morgan fingerprint density at radius 3 is 2.78 bits per heavy atom. The molecule has 2 aromatic rings. The van der Waals surface area contributed by atoms with Gasteiger partial charge in [0.1, 0.15) is 0 Å². The molecule has 0 aliphatic rings. The molecule has 2 aromatic heterocycles. The maximum absolute atomic E-state index is 4.62. The van der Waals surface area contributed by atoms with E-state index in [9.17, 15) is 0 Å². The number of nitrogens with zero attached hydrogens (tertiary/aromatic N) is 3. The number of pyridine rings is 1. The van der Waals surface area contributed by atoms with Gasteiger partial charge in [-0.3, -0.25) is 9.67 Å². The monoisotopic (exact) mass is 356 g/mol. The summed E-state index contributed by atoms with van der Waals surface area (Å²) < 4.78 is 3.05. The molecule has 0 saturated heterocycles. The van der Waals surface area contributed by atoms with Gasteiger partial charge >= 0.3 is 0 Å². The van der Waals surface area contributed by atoms with Crippen molar-refractivity contribution < 1.29 is 0 Å². The Bertz CT molecular complexity index is 507. The summed E-state index contributed by atoms with van der Waals surface area (Å²) in [6, 6.07) is 6.61. The Morgan fingerprint density at radius 2 is 2.11 bits per heavy atom. The predicted molar refractivity (Wildman–Crippen MR) is 80.3 cm³/mol. The minimum absolute atomic E-state index is 0.475. The van der Waals surface area contributed by atoms with Gasteiger partial charge in [0, 0.05) is 18.8 Å². The van der Waals surface area contributed by atoms with E-state index in [0.29, 0.717) is 6.04 Å². The number of halogens is 1. The largest absolute Gasteiger partial charge is 0.309 e. The van der Waals surface area contributed by atoms with Crippen molar-refractivity contribution in [1.82, 2.24) is 20.1 Å². The fourth-order valence-corrected chi connectivity index (χ4v) is 2.06. The van der Waals surface area contributed by atoms with Crippen molar-refractivity contribution in [1.29, 1.82) is 0 Å². The van der Waals surface area contributed by atoms with Crippen LogP contribution in [-0.4, -0.2) is 20.8 Å². The summed E-state index contributed by atoms with van der Waals surface area (Å²) >= 11 is 2.26. The number of nitrogens with one attached hydrogen (secondary N) is 1. The van der Waals surface area contributed by atoms with Gasteiger partial charge in [0.15, 0.2) is 0 Å². The Labute approximate surface area is 121 Å². The quantitative estimate of drug-likeness (QED) is 0.837. The van der Waals surface area contributed by atoms with E-state index in [0.717, 1.165) is 28.0 Å². The molecule has 1 N–H and O–H groups in total. The highest BCUT2D eigenvalue weighted by atomic mass is 127. The maximum Gasteiger partial charge on any atom is 0.0831 e. The summed E-state index contributed by atoms with van der Waals surface area (Å²) in [6.45, 7) is 5.80. The second-order valence-corrected chi connectivity index (χ2v) is 5.76. The molecule has 0 fully saturated rings. The zero-order valence-corrected chi connectivity index (χ0v) is 12.8. The van der Waals surface area contributed by atoms with Crippen LogP contribution >= 0.6 is 22.6 Å². The summed E-state index contributed by atoms with van der Waals surface area (Å²) in [6.07, 6.45) is 3.87. The fourth-order valence-electron chi connectivity index (χ4n) is 1.62. The summed E-state index contributed by atoms with van der Waals surface area (Å²) in [5.74, 6) is 0. The van der Waals surface area contributed by atoms with E-state index in [4.69, 9.17) is 0 Å².